The van der Waals surface area contributed by atoms with Crippen LogP contribution in [0, 0.1) is 0 Å². The van der Waals surface area contributed by atoms with Gasteiger partial charge in [0.1, 0.15) is 11.2 Å². The van der Waals surface area contributed by atoms with Gasteiger partial charge in [0.2, 0.25) is 0 Å². The monoisotopic (exact) mass is 311 g/mol. The maximum atomic E-state index is 12.7. The Kier molecular flexibility index (Phi) is 3.04. The second-order valence-electron chi connectivity index (χ2n) is 5.25. The largest absolute Gasteiger partial charge is 0.334 e. The molecule has 0 bridgehead atoms. The van der Waals surface area contributed by atoms with Crippen molar-refractivity contribution in [3.63, 3.8) is 0 Å². The Bertz CT molecular complexity index is 928. The van der Waals surface area contributed by atoms with E-state index in [1.165, 1.54) is 21.0 Å². The predicted molar refractivity (Wildman–Crippen MR) is 84.2 cm³/mol. The molecule has 1 aliphatic rings. The fourth-order valence-corrected chi connectivity index (χ4v) is 3.66. The molecular weight excluding hydrogens is 298 g/mol. The highest BCUT2D eigenvalue weighted by Crippen LogP contribution is 2.24. The Balaban J connectivity index is 1.72. The molecule has 0 radical (unpaired) electrons. The number of rotatable bonds is 1. The number of carbonyl (C=O) groups excluding carboxylic acids is 1. The molecule has 0 atom stereocenters. The van der Waals surface area contributed by atoms with Crippen molar-refractivity contribution in [3.8, 4) is 0 Å². The molecule has 6 heteroatoms. The summed E-state index contributed by atoms with van der Waals surface area (Å²) in [6.07, 6.45) is 3.87. The molecular formula is C16H13N3O2S. The lowest BCUT2D eigenvalue weighted by Crippen LogP contribution is -2.38. The number of pyridine rings is 1. The number of thiophene rings is 1. The molecule has 3 aromatic heterocycles. The van der Waals surface area contributed by atoms with Crippen LogP contribution in [0.2, 0.25) is 0 Å². The molecule has 5 nitrogen and oxygen atoms in total. The van der Waals surface area contributed by atoms with Crippen molar-refractivity contribution in [2.24, 2.45) is 0 Å². The maximum Gasteiger partial charge on any atom is 0.270 e. The first kappa shape index (κ1) is 13.2. The third kappa shape index (κ3) is 2.03. The van der Waals surface area contributed by atoms with E-state index in [4.69, 9.17) is 0 Å². The van der Waals surface area contributed by atoms with Gasteiger partial charge < -0.3 is 4.90 Å². The minimum atomic E-state index is -0.313. The summed E-state index contributed by atoms with van der Waals surface area (Å²) >= 11 is 1.72. The second kappa shape index (κ2) is 5.06. The van der Waals surface area contributed by atoms with Crippen LogP contribution in [-0.4, -0.2) is 26.7 Å². The molecule has 1 aliphatic heterocycles. The van der Waals surface area contributed by atoms with Crippen molar-refractivity contribution in [3.05, 3.63) is 68.4 Å². The molecule has 4 rings (SSSR count). The van der Waals surface area contributed by atoms with E-state index in [1.807, 2.05) is 17.5 Å². The van der Waals surface area contributed by atoms with Gasteiger partial charge in [-0.05, 0) is 35.6 Å². The van der Waals surface area contributed by atoms with Crippen molar-refractivity contribution < 1.29 is 4.79 Å². The molecule has 0 aromatic carbocycles. The van der Waals surface area contributed by atoms with E-state index in [1.54, 1.807) is 34.6 Å². The van der Waals surface area contributed by atoms with Gasteiger partial charge in [-0.25, -0.2) is 4.98 Å². The summed E-state index contributed by atoms with van der Waals surface area (Å²) in [7, 11) is 0. The van der Waals surface area contributed by atoms with Crippen molar-refractivity contribution >= 4 is 22.9 Å². The van der Waals surface area contributed by atoms with Gasteiger partial charge in [0, 0.05) is 30.4 Å². The Morgan fingerprint density at radius 2 is 2.18 bits per heavy atom. The fourth-order valence-electron chi connectivity index (χ4n) is 2.77. The van der Waals surface area contributed by atoms with E-state index >= 15 is 0 Å². The molecule has 1 amide bonds. The van der Waals surface area contributed by atoms with E-state index in [0.29, 0.717) is 18.7 Å². The standard InChI is InChI=1S/C16H13N3O2S/c20-15(18-7-4-13-11(10-18)5-8-22-13)12-9-17-14-3-1-2-6-19(14)16(12)21/h1-3,5-6,8-9H,4,7,10H2. The number of hydrogen-bond donors (Lipinski definition) is 0. The van der Waals surface area contributed by atoms with Crippen molar-refractivity contribution in [2.45, 2.75) is 13.0 Å². The Morgan fingerprint density at radius 3 is 3.09 bits per heavy atom. The zero-order valence-electron chi connectivity index (χ0n) is 11.7. The van der Waals surface area contributed by atoms with Gasteiger partial charge in [-0.15, -0.1) is 11.3 Å². The van der Waals surface area contributed by atoms with Gasteiger partial charge in [0.15, 0.2) is 0 Å². The number of aromatic nitrogens is 2. The van der Waals surface area contributed by atoms with Crippen LogP contribution in [0.4, 0.5) is 0 Å². The number of amides is 1. The van der Waals surface area contributed by atoms with Crippen molar-refractivity contribution in [1.82, 2.24) is 14.3 Å². The van der Waals surface area contributed by atoms with Crippen LogP contribution >= 0.6 is 11.3 Å². The van der Waals surface area contributed by atoms with Crippen LogP contribution < -0.4 is 5.56 Å². The molecule has 0 unspecified atom stereocenters. The normalized spacial score (nSPS) is 14.1. The molecule has 0 N–H and O–H groups in total. The molecule has 0 fully saturated rings. The van der Waals surface area contributed by atoms with E-state index in [-0.39, 0.29) is 17.0 Å². The molecule has 3 aromatic rings. The smallest absolute Gasteiger partial charge is 0.270 e. The quantitative estimate of drug-likeness (QED) is 0.690. The summed E-state index contributed by atoms with van der Waals surface area (Å²) in [4.78, 5) is 32.4. The van der Waals surface area contributed by atoms with E-state index in [2.05, 4.69) is 4.98 Å². The van der Waals surface area contributed by atoms with E-state index in [9.17, 15) is 9.59 Å². The Hall–Kier alpha value is -2.47. The van der Waals surface area contributed by atoms with Crippen LogP contribution in [0.25, 0.3) is 5.65 Å². The van der Waals surface area contributed by atoms with Gasteiger partial charge in [0.05, 0.1) is 0 Å². The fraction of sp³-hybridized carbons (Fsp3) is 0.188. The molecule has 22 heavy (non-hydrogen) atoms. The summed E-state index contributed by atoms with van der Waals surface area (Å²) < 4.78 is 1.41. The zero-order chi connectivity index (χ0) is 15.1. The van der Waals surface area contributed by atoms with Crippen molar-refractivity contribution in [1.29, 1.82) is 0 Å². The first-order valence-corrected chi connectivity index (χ1v) is 7.93. The number of fused-ring (bicyclic) bond motifs is 2. The third-order valence-electron chi connectivity index (χ3n) is 3.94. The van der Waals surface area contributed by atoms with Crippen LogP contribution in [0.15, 0.2) is 46.8 Å². The van der Waals surface area contributed by atoms with Crippen LogP contribution in [0.5, 0.6) is 0 Å². The summed E-state index contributed by atoms with van der Waals surface area (Å²) in [6, 6.07) is 7.36. The number of carbonyl (C=O) groups is 1. The molecule has 0 spiro atoms. The molecule has 0 saturated heterocycles. The molecule has 4 heterocycles. The lowest BCUT2D eigenvalue weighted by molar-refractivity contribution is 0.0733. The van der Waals surface area contributed by atoms with Crippen LogP contribution in [0.3, 0.4) is 0 Å². The summed E-state index contributed by atoms with van der Waals surface area (Å²) in [5.41, 5.74) is 1.54. The van der Waals surface area contributed by atoms with Gasteiger partial charge >= 0.3 is 0 Å². The maximum absolute atomic E-state index is 12.7. The highest BCUT2D eigenvalue weighted by Gasteiger charge is 2.24. The average Bonchev–Trinajstić information content (AvgIpc) is 3.02. The molecule has 0 saturated carbocycles. The topological polar surface area (TPSA) is 54.7 Å². The summed E-state index contributed by atoms with van der Waals surface area (Å²) in [5.74, 6) is -0.243. The molecule has 0 aliphatic carbocycles. The highest BCUT2D eigenvalue weighted by molar-refractivity contribution is 7.10. The average molecular weight is 311 g/mol. The first-order chi connectivity index (χ1) is 10.7. The second-order valence-corrected chi connectivity index (χ2v) is 6.25. The van der Waals surface area contributed by atoms with Gasteiger partial charge in [-0.1, -0.05) is 6.07 Å². The minimum absolute atomic E-state index is 0.127. The third-order valence-corrected chi connectivity index (χ3v) is 4.96. The minimum Gasteiger partial charge on any atom is -0.334 e. The van der Waals surface area contributed by atoms with Crippen LogP contribution in [0.1, 0.15) is 20.8 Å². The predicted octanol–water partition coefficient (Wildman–Crippen LogP) is 1.95. The molecule has 110 valence electrons. The van der Waals surface area contributed by atoms with Gasteiger partial charge in [0.25, 0.3) is 11.5 Å². The van der Waals surface area contributed by atoms with Crippen molar-refractivity contribution in [2.75, 3.05) is 6.54 Å². The van der Waals surface area contributed by atoms with E-state index in [0.717, 1.165) is 6.42 Å². The summed E-state index contributed by atoms with van der Waals surface area (Å²) in [6.45, 7) is 1.21. The SMILES string of the molecule is O=C(c1cnc2ccccn2c1=O)N1CCc2sccc2C1. The van der Waals surface area contributed by atoms with Gasteiger partial charge in [-0.3, -0.25) is 14.0 Å². The van der Waals surface area contributed by atoms with Crippen LogP contribution in [-0.2, 0) is 13.0 Å². The Morgan fingerprint density at radius 1 is 1.27 bits per heavy atom. The first-order valence-electron chi connectivity index (χ1n) is 7.05. The zero-order valence-corrected chi connectivity index (χ0v) is 12.5. The number of nitrogens with zero attached hydrogens (tertiary/aromatic N) is 3. The van der Waals surface area contributed by atoms with E-state index < -0.39 is 0 Å². The number of hydrogen-bond acceptors (Lipinski definition) is 4. The highest BCUT2D eigenvalue weighted by atomic mass is 32.1. The van der Waals surface area contributed by atoms with Gasteiger partial charge in [-0.2, -0.15) is 0 Å². The lowest BCUT2D eigenvalue weighted by Gasteiger charge is -2.26. The summed E-state index contributed by atoms with van der Waals surface area (Å²) in [5, 5.41) is 2.05. The lowest BCUT2D eigenvalue weighted by atomic mass is 10.1. The Labute approximate surface area is 130 Å².